The predicted octanol–water partition coefficient (Wildman–Crippen LogP) is 8.31. The summed E-state index contributed by atoms with van der Waals surface area (Å²) in [5.74, 6) is 1.63. The average molecular weight is 701 g/mol. The smallest absolute Gasteiger partial charge is 0.154 e. The molecule has 264 valence electrons. The summed E-state index contributed by atoms with van der Waals surface area (Å²) in [5.41, 5.74) is 15.7. The third-order valence-corrected chi connectivity index (χ3v) is 8.98. The molecule has 0 saturated carbocycles. The monoisotopic (exact) mass is 700 g/mol. The zero-order valence-corrected chi connectivity index (χ0v) is 30.1. The number of nitrogens with zero attached hydrogens (tertiary/aromatic N) is 9. The molecule has 8 rings (SSSR count). The molecule has 0 amide bonds. The molecule has 0 bridgehead atoms. The van der Waals surface area contributed by atoms with Crippen molar-refractivity contribution >= 4 is 27.5 Å². The number of nitrogens with two attached hydrogens (primary N) is 1. The van der Waals surface area contributed by atoms with Crippen LogP contribution in [0.1, 0.15) is 56.5 Å². The zero-order valence-electron chi connectivity index (χ0n) is 30.1. The summed E-state index contributed by atoms with van der Waals surface area (Å²) in [6.07, 6.45) is 5.48. The molecule has 3 N–H and O–H groups in total. The van der Waals surface area contributed by atoms with Crippen LogP contribution in [0.15, 0.2) is 127 Å². The number of fused-ring (bicyclic) bond motifs is 2. The Labute approximate surface area is 307 Å². The average Bonchev–Trinajstić information content (AvgIpc) is 3.85. The molecular weight excluding hydrogens is 661 g/mol. The fourth-order valence-corrected chi connectivity index (χ4v) is 6.00. The van der Waals surface area contributed by atoms with Gasteiger partial charge in [0.1, 0.15) is 5.71 Å². The number of hydrogen-bond acceptors (Lipinski definition) is 9. The highest BCUT2D eigenvalue weighted by Crippen LogP contribution is 2.27. The second kappa shape index (κ2) is 15.3. The molecule has 1 atom stereocenters. The summed E-state index contributed by atoms with van der Waals surface area (Å²) >= 11 is 0. The van der Waals surface area contributed by atoms with Crippen LogP contribution in [-0.2, 0) is 12.8 Å². The van der Waals surface area contributed by atoms with Crippen LogP contribution in [0, 0.1) is 0 Å². The van der Waals surface area contributed by atoms with Crippen molar-refractivity contribution in [2.75, 3.05) is 0 Å². The molecule has 0 aliphatic carbocycles. The van der Waals surface area contributed by atoms with Crippen molar-refractivity contribution in [3.8, 4) is 34.2 Å². The van der Waals surface area contributed by atoms with Crippen molar-refractivity contribution in [2.24, 2.45) is 10.9 Å². The molecule has 0 saturated heterocycles. The van der Waals surface area contributed by atoms with E-state index in [9.17, 15) is 0 Å². The number of pyridine rings is 4. The molecular formula is C42H40N10O. The van der Waals surface area contributed by atoms with E-state index in [2.05, 4.69) is 63.4 Å². The highest BCUT2D eigenvalue weighted by Gasteiger charge is 2.12. The Hall–Kier alpha value is -6.59. The Morgan fingerprint density at radius 1 is 0.660 bits per heavy atom. The van der Waals surface area contributed by atoms with Crippen molar-refractivity contribution in [1.29, 1.82) is 0 Å². The molecule has 11 heteroatoms. The number of rotatable bonds is 8. The van der Waals surface area contributed by atoms with Gasteiger partial charge in [0.05, 0.1) is 46.2 Å². The summed E-state index contributed by atoms with van der Waals surface area (Å²) < 4.78 is 3.73. The molecule has 11 nitrogen and oxygen atoms in total. The van der Waals surface area contributed by atoms with Crippen molar-refractivity contribution in [3.05, 3.63) is 144 Å². The normalized spacial score (nSPS) is 12.1. The van der Waals surface area contributed by atoms with E-state index in [1.54, 1.807) is 6.92 Å². The van der Waals surface area contributed by atoms with Gasteiger partial charge in [-0.05, 0) is 87.4 Å². The largest absolute Gasteiger partial charge is 0.411 e. The molecule has 53 heavy (non-hydrogen) atoms. The lowest BCUT2D eigenvalue weighted by Gasteiger charge is -2.08. The van der Waals surface area contributed by atoms with Gasteiger partial charge in [-0.3, -0.25) is 4.98 Å². The summed E-state index contributed by atoms with van der Waals surface area (Å²) in [5, 5.41) is 23.4. The number of hydrogen-bond donors (Lipinski definition) is 2. The van der Waals surface area contributed by atoms with Crippen molar-refractivity contribution in [3.63, 3.8) is 0 Å². The lowest BCUT2D eigenvalue weighted by atomic mass is 10.1. The van der Waals surface area contributed by atoms with E-state index in [1.807, 2.05) is 114 Å². The van der Waals surface area contributed by atoms with Gasteiger partial charge < -0.3 is 10.9 Å². The first-order chi connectivity index (χ1) is 25.8. The quantitative estimate of drug-likeness (QED) is 0.0915. The second-order valence-corrected chi connectivity index (χ2v) is 12.7. The molecule has 2 aromatic carbocycles. The SMILES string of the molecule is CCc1cccc(-n2ncc3ccc(-c4cccc(/C(C)=N/O)n4)cc32)n1.CCc1cccc(-n2ncc3ccc(-c4cccc(C(C)N)n4)cc32)n1. The summed E-state index contributed by atoms with van der Waals surface area (Å²) in [4.78, 5) is 18.7. The third-order valence-electron chi connectivity index (χ3n) is 8.98. The van der Waals surface area contributed by atoms with Crippen LogP contribution in [0.25, 0.3) is 56.0 Å². The van der Waals surface area contributed by atoms with E-state index in [4.69, 9.17) is 20.9 Å². The fraction of sp³-hybridized carbons (Fsp3) is 0.167. The van der Waals surface area contributed by atoms with Gasteiger partial charge in [-0.25, -0.2) is 24.3 Å². The van der Waals surface area contributed by atoms with Crippen LogP contribution in [0.4, 0.5) is 0 Å². The van der Waals surface area contributed by atoms with E-state index in [1.165, 1.54) is 0 Å². The lowest BCUT2D eigenvalue weighted by Crippen LogP contribution is -2.07. The van der Waals surface area contributed by atoms with Crippen LogP contribution in [0.5, 0.6) is 0 Å². The Bertz CT molecular complexity index is 2570. The van der Waals surface area contributed by atoms with Crippen molar-refractivity contribution < 1.29 is 5.21 Å². The molecule has 6 aromatic heterocycles. The topological polar surface area (TPSA) is 146 Å². The molecule has 0 aliphatic heterocycles. The van der Waals surface area contributed by atoms with Crippen molar-refractivity contribution in [1.82, 2.24) is 39.5 Å². The minimum absolute atomic E-state index is 0.0924. The number of aryl methyl sites for hydroxylation is 2. The molecule has 1 unspecified atom stereocenters. The summed E-state index contributed by atoms with van der Waals surface area (Å²) in [6, 6.07) is 35.9. The van der Waals surface area contributed by atoms with Gasteiger partial charge >= 0.3 is 0 Å². The van der Waals surface area contributed by atoms with Crippen LogP contribution in [0.3, 0.4) is 0 Å². The first-order valence-corrected chi connectivity index (χ1v) is 17.6. The van der Waals surface area contributed by atoms with Gasteiger partial charge in [0.2, 0.25) is 0 Å². The van der Waals surface area contributed by atoms with Crippen molar-refractivity contribution in [2.45, 2.75) is 46.6 Å². The zero-order chi connectivity index (χ0) is 36.9. The molecule has 0 aliphatic rings. The molecule has 0 fully saturated rings. The highest BCUT2D eigenvalue weighted by molar-refractivity contribution is 5.97. The van der Waals surface area contributed by atoms with Gasteiger partial charge in [-0.15, -0.1) is 0 Å². The standard InChI is InChI=1S/C21H19N5O.C21H21N5/c1-3-17-6-4-9-21(23-17)26-20-12-15(10-11-16(20)13-22-26)19-8-5-7-18(24-19)14(2)25-27;1-3-17-6-4-9-21(24-17)26-20-12-15(10-11-16(20)13-23-26)19-8-5-7-18(25-19)14(2)22/h4-13,27H,3H2,1-2H3;4-14H,3,22H2,1-2H3/b25-14+;. The Kier molecular flexibility index (Phi) is 10.1. The van der Waals surface area contributed by atoms with Gasteiger partial charge in [0, 0.05) is 39.3 Å². The maximum Gasteiger partial charge on any atom is 0.154 e. The van der Waals surface area contributed by atoms with Crippen LogP contribution in [0.2, 0.25) is 0 Å². The summed E-state index contributed by atoms with van der Waals surface area (Å²) in [7, 11) is 0. The Morgan fingerprint density at radius 3 is 1.68 bits per heavy atom. The maximum absolute atomic E-state index is 9.00. The third kappa shape index (κ3) is 7.42. The Balaban J connectivity index is 0.000000164. The minimum Gasteiger partial charge on any atom is -0.411 e. The Morgan fingerprint density at radius 2 is 1.17 bits per heavy atom. The van der Waals surface area contributed by atoms with E-state index >= 15 is 0 Å². The first kappa shape index (κ1) is 34.8. The molecule has 0 radical (unpaired) electrons. The molecule has 6 heterocycles. The fourth-order valence-electron chi connectivity index (χ4n) is 6.00. The first-order valence-electron chi connectivity index (χ1n) is 17.6. The van der Waals surface area contributed by atoms with E-state index in [-0.39, 0.29) is 6.04 Å². The predicted molar refractivity (Wildman–Crippen MR) is 210 cm³/mol. The second-order valence-electron chi connectivity index (χ2n) is 12.7. The number of aromatic nitrogens is 8. The van der Waals surface area contributed by atoms with Crippen LogP contribution in [-0.4, -0.2) is 50.4 Å². The minimum atomic E-state index is -0.0924. The van der Waals surface area contributed by atoms with E-state index < -0.39 is 0 Å². The van der Waals surface area contributed by atoms with Gasteiger partial charge in [-0.2, -0.15) is 10.2 Å². The number of benzene rings is 2. The van der Waals surface area contributed by atoms with Crippen LogP contribution < -0.4 is 5.73 Å². The van der Waals surface area contributed by atoms with E-state index in [0.29, 0.717) is 11.4 Å². The molecule has 0 spiro atoms. The number of oxime groups is 1. The van der Waals surface area contributed by atoms with Gasteiger partial charge in [0.25, 0.3) is 0 Å². The lowest BCUT2D eigenvalue weighted by molar-refractivity contribution is 0.319. The van der Waals surface area contributed by atoms with Crippen LogP contribution >= 0.6 is 0 Å². The maximum atomic E-state index is 9.00. The van der Waals surface area contributed by atoms with E-state index in [0.717, 1.165) is 85.9 Å². The van der Waals surface area contributed by atoms with Gasteiger partial charge in [0.15, 0.2) is 11.6 Å². The highest BCUT2D eigenvalue weighted by atomic mass is 16.4. The molecule has 8 aromatic rings. The van der Waals surface area contributed by atoms with Gasteiger partial charge in [-0.1, -0.05) is 67.5 Å². The summed E-state index contributed by atoms with van der Waals surface area (Å²) in [6.45, 7) is 7.85.